The second-order valence-corrected chi connectivity index (χ2v) is 5.01. The molecule has 1 aromatic rings. The highest BCUT2D eigenvalue weighted by molar-refractivity contribution is 5.21. The van der Waals surface area contributed by atoms with Crippen LogP contribution in [0.1, 0.15) is 18.0 Å². The van der Waals surface area contributed by atoms with E-state index in [1.807, 2.05) is 18.2 Å². The Morgan fingerprint density at radius 2 is 2.10 bits per heavy atom. The van der Waals surface area contributed by atoms with Gasteiger partial charge in [0.15, 0.2) is 0 Å². The molecule has 1 atom stereocenters. The van der Waals surface area contributed by atoms with Crippen molar-refractivity contribution in [2.24, 2.45) is 0 Å². The Balaban J connectivity index is 1.86. The molecular weight excluding hydrogens is 255 g/mol. The Kier molecular flexibility index (Phi) is 6.18. The minimum Gasteiger partial charge on any atom is -0.379 e. The topological polar surface area (TPSA) is 24.5 Å². The van der Waals surface area contributed by atoms with E-state index < -0.39 is 0 Å². The molecule has 3 nitrogen and oxygen atoms in total. The molecule has 2 rings (SSSR count). The van der Waals surface area contributed by atoms with E-state index in [2.05, 4.69) is 16.8 Å². The molecule has 20 heavy (non-hydrogen) atoms. The number of hydrogen-bond donors (Lipinski definition) is 1. The summed E-state index contributed by atoms with van der Waals surface area (Å²) >= 11 is 0. The minimum atomic E-state index is -0.154. The average molecular weight is 278 g/mol. The van der Waals surface area contributed by atoms with Crippen LogP contribution in [0.2, 0.25) is 0 Å². The molecule has 0 unspecified atom stereocenters. The summed E-state index contributed by atoms with van der Waals surface area (Å²) in [5.74, 6) is -0.154. The molecule has 1 N–H and O–H groups in total. The van der Waals surface area contributed by atoms with Crippen molar-refractivity contribution in [2.45, 2.75) is 12.5 Å². The van der Waals surface area contributed by atoms with Crippen molar-refractivity contribution in [1.82, 2.24) is 10.2 Å². The van der Waals surface area contributed by atoms with Crippen molar-refractivity contribution < 1.29 is 9.13 Å². The third-order valence-electron chi connectivity index (χ3n) is 3.61. The molecule has 0 bridgehead atoms. The Labute approximate surface area is 120 Å². The molecule has 0 spiro atoms. The predicted molar refractivity (Wildman–Crippen MR) is 79.2 cm³/mol. The number of rotatable bonds is 7. The fourth-order valence-corrected chi connectivity index (χ4v) is 2.47. The smallest absolute Gasteiger partial charge is 0.127 e. The summed E-state index contributed by atoms with van der Waals surface area (Å²) in [5.41, 5.74) is 0.717. The molecule has 0 aromatic heterocycles. The molecule has 1 fully saturated rings. The summed E-state index contributed by atoms with van der Waals surface area (Å²) in [6.45, 7) is 9.15. The first-order chi connectivity index (χ1) is 9.81. The van der Waals surface area contributed by atoms with Crippen molar-refractivity contribution in [3.8, 4) is 0 Å². The summed E-state index contributed by atoms with van der Waals surface area (Å²) in [5, 5.41) is 3.43. The Morgan fingerprint density at radius 1 is 1.35 bits per heavy atom. The number of morpholine rings is 1. The Hall–Kier alpha value is -1.23. The van der Waals surface area contributed by atoms with Crippen LogP contribution in [0.3, 0.4) is 0 Å². The second-order valence-electron chi connectivity index (χ2n) is 5.01. The summed E-state index contributed by atoms with van der Waals surface area (Å²) < 4.78 is 19.2. The number of benzene rings is 1. The van der Waals surface area contributed by atoms with Gasteiger partial charge < -0.3 is 10.1 Å². The number of halogens is 1. The van der Waals surface area contributed by atoms with Crippen LogP contribution in [0.25, 0.3) is 0 Å². The van der Waals surface area contributed by atoms with Gasteiger partial charge in [0.2, 0.25) is 0 Å². The van der Waals surface area contributed by atoms with Gasteiger partial charge in [-0.05, 0) is 12.5 Å². The molecule has 0 radical (unpaired) electrons. The third kappa shape index (κ3) is 4.40. The largest absolute Gasteiger partial charge is 0.379 e. The van der Waals surface area contributed by atoms with Gasteiger partial charge in [-0.1, -0.05) is 24.3 Å². The molecule has 0 aliphatic carbocycles. The van der Waals surface area contributed by atoms with Gasteiger partial charge in [0.1, 0.15) is 5.82 Å². The van der Waals surface area contributed by atoms with E-state index in [0.29, 0.717) is 0 Å². The van der Waals surface area contributed by atoms with Crippen LogP contribution >= 0.6 is 0 Å². The quantitative estimate of drug-likeness (QED) is 0.775. The van der Waals surface area contributed by atoms with Crippen LogP contribution in [0, 0.1) is 5.82 Å². The van der Waals surface area contributed by atoms with Crippen LogP contribution in [-0.4, -0.2) is 44.3 Å². The van der Waals surface area contributed by atoms with Gasteiger partial charge in [-0.15, -0.1) is 6.58 Å². The lowest BCUT2D eigenvalue weighted by atomic mass is 10.0. The maximum Gasteiger partial charge on any atom is 0.127 e. The first kappa shape index (κ1) is 15.2. The molecule has 4 heteroatoms. The maximum absolute atomic E-state index is 13.8. The molecule has 1 saturated heterocycles. The van der Waals surface area contributed by atoms with Crippen LogP contribution in [0.5, 0.6) is 0 Å². The summed E-state index contributed by atoms with van der Waals surface area (Å²) in [6, 6.07) is 6.94. The van der Waals surface area contributed by atoms with Gasteiger partial charge in [-0.3, -0.25) is 4.90 Å². The molecule has 1 aliphatic rings. The van der Waals surface area contributed by atoms with Gasteiger partial charge in [0.25, 0.3) is 0 Å². The van der Waals surface area contributed by atoms with Crippen LogP contribution in [0.15, 0.2) is 36.9 Å². The van der Waals surface area contributed by atoms with E-state index >= 15 is 0 Å². The highest BCUT2D eigenvalue weighted by atomic mass is 19.1. The number of nitrogens with zero attached hydrogens (tertiary/aromatic N) is 1. The van der Waals surface area contributed by atoms with Gasteiger partial charge in [0, 0.05) is 37.8 Å². The van der Waals surface area contributed by atoms with E-state index in [1.165, 1.54) is 6.07 Å². The standard InChI is InChI=1S/C16H23FN2O/c1-2-5-16(14-6-3-4-7-15(14)17)18-8-9-19-10-12-20-13-11-19/h2-4,6-7,16,18H,1,5,8-13H2/t16-/m0/s1. The monoisotopic (exact) mass is 278 g/mol. The summed E-state index contributed by atoms with van der Waals surface area (Å²) in [7, 11) is 0. The number of ether oxygens (including phenoxy) is 1. The SMILES string of the molecule is C=CC[C@H](NCCN1CCOCC1)c1ccccc1F. The third-order valence-corrected chi connectivity index (χ3v) is 3.61. The lowest BCUT2D eigenvalue weighted by Gasteiger charge is -2.27. The predicted octanol–water partition coefficient (Wildman–Crippen LogP) is 2.36. The highest BCUT2D eigenvalue weighted by Gasteiger charge is 2.15. The van der Waals surface area contributed by atoms with E-state index in [0.717, 1.165) is 51.4 Å². The van der Waals surface area contributed by atoms with Crippen molar-refractivity contribution in [1.29, 1.82) is 0 Å². The van der Waals surface area contributed by atoms with Gasteiger partial charge in [-0.25, -0.2) is 4.39 Å². The molecule has 1 aliphatic heterocycles. The van der Waals surface area contributed by atoms with E-state index in [-0.39, 0.29) is 11.9 Å². The summed E-state index contributed by atoms with van der Waals surface area (Å²) in [4.78, 5) is 2.36. The zero-order valence-electron chi connectivity index (χ0n) is 11.9. The van der Waals surface area contributed by atoms with E-state index in [1.54, 1.807) is 6.07 Å². The first-order valence-electron chi connectivity index (χ1n) is 7.20. The van der Waals surface area contributed by atoms with Crippen LogP contribution < -0.4 is 5.32 Å². The number of hydrogen-bond acceptors (Lipinski definition) is 3. The maximum atomic E-state index is 13.8. The van der Waals surface area contributed by atoms with Gasteiger partial charge in [-0.2, -0.15) is 0 Å². The Bertz CT molecular complexity index is 419. The normalized spacial score (nSPS) is 17.9. The average Bonchev–Trinajstić information content (AvgIpc) is 2.48. The molecule has 1 heterocycles. The first-order valence-corrected chi connectivity index (χ1v) is 7.20. The molecule has 110 valence electrons. The molecular formula is C16H23FN2O. The molecule has 0 amide bonds. The molecule has 1 aromatic carbocycles. The lowest BCUT2D eigenvalue weighted by Crippen LogP contribution is -2.40. The van der Waals surface area contributed by atoms with Crippen LogP contribution in [-0.2, 0) is 4.74 Å². The van der Waals surface area contributed by atoms with Crippen molar-refractivity contribution in [3.63, 3.8) is 0 Å². The van der Waals surface area contributed by atoms with E-state index in [4.69, 9.17) is 4.74 Å². The van der Waals surface area contributed by atoms with Crippen molar-refractivity contribution in [3.05, 3.63) is 48.3 Å². The summed E-state index contributed by atoms with van der Waals surface area (Å²) in [6.07, 6.45) is 2.56. The van der Waals surface area contributed by atoms with Crippen molar-refractivity contribution >= 4 is 0 Å². The van der Waals surface area contributed by atoms with Crippen LogP contribution in [0.4, 0.5) is 4.39 Å². The fraction of sp³-hybridized carbons (Fsp3) is 0.500. The lowest BCUT2D eigenvalue weighted by molar-refractivity contribution is 0.0381. The zero-order valence-corrected chi connectivity index (χ0v) is 11.9. The highest BCUT2D eigenvalue weighted by Crippen LogP contribution is 2.20. The van der Waals surface area contributed by atoms with Gasteiger partial charge >= 0.3 is 0 Å². The van der Waals surface area contributed by atoms with Crippen molar-refractivity contribution in [2.75, 3.05) is 39.4 Å². The van der Waals surface area contributed by atoms with E-state index in [9.17, 15) is 4.39 Å². The minimum absolute atomic E-state index is 0.00487. The second kappa shape index (κ2) is 8.15. The zero-order chi connectivity index (χ0) is 14.2. The fourth-order valence-electron chi connectivity index (χ4n) is 2.47. The molecule has 0 saturated carbocycles. The number of nitrogens with one attached hydrogen (secondary N) is 1. The Morgan fingerprint density at radius 3 is 2.80 bits per heavy atom. The van der Waals surface area contributed by atoms with Gasteiger partial charge in [0.05, 0.1) is 13.2 Å².